The summed E-state index contributed by atoms with van der Waals surface area (Å²) in [4.78, 5) is 44.3. The summed E-state index contributed by atoms with van der Waals surface area (Å²) in [6.07, 6.45) is 4.64. The van der Waals surface area contributed by atoms with Crippen molar-refractivity contribution in [2.45, 2.75) is 38.5 Å². The third kappa shape index (κ3) is 4.64. The van der Waals surface area contributed by atoms with Gasteiger partial charge in [0.2, 0.25) is 5.95 Å². The Balaban J connectivity index is 1.58. The number of nitrogens with two attached hydrogens (primary N) is 1. The molecule has 0 bridgehead atoms. The summed E-state index contributed by atoms with van der Waals surface area (Å²) >= 11 is 0. The van der Waals surface area contributed by atoms with E-state index in [1.54, 1.807) is 18.3 Å². The van der Waals surface area contributed by atoms with Crippen molar-refractivity contribution in [3.63, 3.8) is 0 Å². The van der Waals surface area contributed by atoms with Crippen LogP contribution in [-0.2, 0) is 17.6 Å². The smallest absolute Gasteiger partial charge is 0.303 e. The maximum absolute atomic E-state index is 12.1. The largest absolute Gasteiger partial charge is 0.481 e. The number of fused-ring (bicyclic) bond motifs is 1. The molecule has 5 N–H and O–H groups in total. The van der Waals surface area contributed by atoms with E-state index in [9.17, 15) is 14.4 Å². The van der Waals surface area contributed by atoms with Crippen LogP contribution in [0.15, 0.2) is 35.3 Å². The summed E-state index contributed by atoms with van der Waals surface area (Å²) in [5.41, 5.74) is 8.30. The lowest BCUT2D eigenvalue weighted by atomic mass is 10.0. The van der Waals surface area contributed by atoms with Crippen LogP contribution in [-0.4, -0.2) is 31.8 Å². The standard InChI is InChI=1S/C20H22N4O4/c21-20-23-18-17(19(28)24-20)14(11-22-18)10-7-12-5-8-13(9-6-12)15(25)3-1-2-4-16(26)27/h5-6,8-9,11H,1-4,7,10H2,(H,26,27)(H4,21,22,23,24,28). The van der Waals surface area contributed by atoms with Crippen molar-refractivity contribution in [2.75, 3.05) is 5.73 Å². The van der Waals surface area contributed by atoms with Crippen LogP contribution >= 0.6 is 0 Å². The molecule has 0 radical (unpaired) electrons. The number of H-pyrrole nitrogens is 2. The number of benzene rings is 1. The molecule has 0 aliphatic heterocycles. The first-order valence-electron chi connectivity index (χ1n) is 9.13. The van der Waals surface area contributed by atoms with Crippen LogP contribution in [0.3, 0.4) is 0 Å². The topological polar surface area (TPSA) is 142 Å². The van der Waals surface area contributed by atoms with E-state index in [1.165, 1.54) is 0 Å². The Bertz CT molecular complexity index is 1050. The second-order valence-corrected chi connectivity index (χ2v) is 6.71. The van der Waals surface area contributed by atoms with Gasteiger partial charge in [-0.1, -0.05) is 24.3 Å². The number of nitrogens with one attached hydrogen (secondary N) is 2. The summed E-state index contributed by atoms with van der Waals surface area (Å²) < 4.78 is 0. The van der Waals surface area contributed by atoms with Crippen molar-refractivity contribution >= 4 is 28.7 Å². The molecule has 2 aromatic heterocycles. The van der Waals surface area contributed by atoms with Crippen molar-refractivity contribution in [1.29, 1.82) is 0 Å². The van der Waals surface area contributed by atoms with Crippen LogP contribution in [0.1, 0.15) is 47.2 Å². The van der Waals surface area contributed by atoms with Gasteiger partial charge in [0.1, 0.15) is 5.65 Å². The van der Waals surface area contributed by atoms with Crippen LogP contribution in [0.25, 0.3) is 11.0 Å². The second-order valence-electron chi connectivity index (χ2n) is 6.71. The Morgan fingerprint density at radius 2 is 1.79 bits per heavy atom. The SMILES string of the molecule is Nc1nc2[nH]cc(CCc3ccc(C(=O)CCCCC(=O)O)cc3)c2c(=O)[nH]1. The minimum Gasteiger partial charge on any atom is -0.481 e. The van der Waals surface area contributed by atoms with E-state index in [4.69, 9.17) is 10.8 Å². The zero-order chi connectivity index (χ0) is 20.1. The summed E-state index contributed by atoms with van der Waals surface area (Å²) in [5.74, 6) is -0.744. The molecular formula is C20H22N4O4. The predicted octanol–water partition coefficient (Wildman–Crippen LogP) is 2.45. The first-order chi connectivity index (χ1) is 13.4. The van der Waals surface area contributed by atoms with E-state index in [1.807, 2.05) is 12.1 Å². The molecule has 0 atom stereocenters. The molecule has 0 unspecified atom stereocenters. The Kier molecular flexibility index (Phi) is 5.88. The van der Waals surface area contributed by atoms with Gasteiger partial charge in [0.05, 0.1) is 5.39 Å². The molecule has 0 saturated heterocycles. The number of hydrogen-bond acceptors (Lipinski definition) is 5. The zero-order valence-corrected chi connectivity index (χ0v) is 15.3. The van der Waals surface area contributed by atoms with Crippen LogP contribution in [0, 0.1) is 0 Å². The highest BCUT2D eigenvalue weighted by molar-refractivity contribution is 5.96. The predicted molar refractivity (Wildman–Crippen MR) is 105 cm³/mol. The van der Waals surface area contributed by atoms with Crippen molar-refractivity contribution in [1.82, 2.24) is 15.0 Å². The van der Waals surface area contributed by atoms with E-state index >= 15 is 0 Å². The number of nitrogens with zero attached hydrogens (tertiary/aromatic N) is 1. The molecule has 0 aliphatic rings. The van der Waals surface area contributed by atoms with Gasteiger partial charge in [0.25, 0.3) is 5.56 Å². The number of anilines is 1. The van der Waals surface area contributed by atoms with Crippen LogP contribution < -0.4 is 11.3 Å². The van der Waals surface area contributed by atoms with E-state index in [0.717, 1.165) is 11.1 Å². The molecule has 146 valence electrons. The molecule has 28 heavy (non-hydrogen) atoms. The number of carboxylic acid groups (broad SMARTS) is 1. The number of Topliss-reactive ketones (excluding diaryl/α,β-unsaturated/α-hetero) is 1. The van der Waals surface area contributed by atoms with E-state index < -0.39 is 5.97 Å². The quantitative estimate of drug-likeness (QED) is 0.331. The van der Waals surface area contributed by atoms with Crippen molar-refractivity contribution in [3.05, 3.63) is 57.5 Å². The molecule has 8 nitrogen and oxygen atoms in total. The maximum Gasteiger partial charge on any atom is 0.303 e. The average Bonchev–Trinajstić information content (AvgIpc) is 3.06. The van der Waals surface area contributed by atoms with Crippen LogP contribution in [0.2, 0.25) is 0 Å². The highest BCUT2D eigenvalue weighted by Gasteiger charge is 2.11. The molecule has 8 heteroatoms. The number of nitrogen functional groups attached to an aromatic ring is 1. The zero-order valence-electron chi connectivity index (χ0n) is 15.3. The summed E-state index contributed by atoms with van der Waals surface area (Å²) in [5, 5.41) is 9.13. The van der Waals surface area contributed by atoms with Crippen LogP contribution in [0.4, 0.5) is 5.95 Å². The third-order valence-electron chi connectivity index (χ3n) is 4.65. The molecule has 0 aliphatic carbocycles. The van der Waals surface area contributed by atoms with Crippen LogP contribution in [0.5, 0.6) is 0 Å². The van der Waals surface area contributed by atoms with E-state index in [0.29, 0.717) is 48.7 Å². The number of carbonyl (C=O) groups excluding carboxylic acids is 1. The fourth-order valence-electron chi connectivity index (χ4n) is 3.16. The Morgan fingerprint density at radius 1 is 1.07 bits per heavy atom. The molecule has 0 fully saturated rings. The third-order valence-corrected chi connectivity index (χ3v) is 4.65. The van der Waals surface area contributed by atoms with Crippen molar-refractivity contribution < 1.29 is 14.7 Å². The Labute approximate surface area is 160 Å². The second kappa shape index (κ2) is 8.51. The number of aliphatic carboxylic acids is 1. The fraction of sp³-hybridized carbons (Fsp3) is 0.300. The average molecular weight is 382 g/mol. The first kappa shape index (κ1) is 19.3. The normalized spacial score (nSPS) is 11.0. The van der Waals surface area contributed by atoms with E-state index in [-0.39, 0.29) is 23.7 Å². The van der Waals surface area contributed by atoms with E-state index in [2.05, 4.69) is 15.0 Å². The highest BCUT2D eigenvalue weighted by Crippen LogP contribution is 2.16. The van der Waals surface area contributed by atoms with Gasteiger partial charge in [-0.2, -0.15) is 4.98 Å². The number of rotatable bonds is 9. The molecule has 0 amide bonds. The Morgan fingerprint density at radius 3 is 2.50 bits per heavy atom. The maximum atomic E-state index is 12.1. The highest BCUT2D eigenvalue weighted by atomic mass is 16.4. The lowest BCUT2D eigenvalue weighted by Gasteiger charge is -2.04. The number of aromatic amines is 2. The van der Waals surface area contributed by atoms with Gasteiger partial charge in [0, 0.05) is 24.6 Å². The monoisotopic (exact) mass is 382 g/mol. The minimum atomic E-state index is -0.840. The van der Waals surface area contributed by atoms with Gasteiger partial charge in [-0.25, -0.2) is 0 Å². The molecule has 3 rings (SSSR count). The molecule has 2 heterocycles. The summed E-state index contributed by atoms with van der Waals surface area (Å²) in [6, 6.07) is 7.39. The number of unbranched alkanes of at least 4 members (excludes halogenated alkanes) is 1. The summed E-state index contributed by atoms with van der Waals surface area (Å²) in [7, 11) is 0. The molecule has 3 aromatic rings. The number of carboxylic acids is 1. The van der Waals surface area contributed by atoms with Gasteiger partial charge in [-0.3, -0.25) is 19.4 Å². The molecular weight excluding hydrogens is 360 g/mol. The van der Waals surface area contributed by atoms with Gasteiger partial charge in [-0.05, 0) is 36.8 Å². The number of aryl methyl sites for hydroxylation is 2. The first-order valence-corrected chi connectivity index (χ1v) is 9.13. The molecule has 0 spiro atoms. The van der Waals surface area contributed by atoms with Gasteiger partial charge >= 0.3 is 5.97 Å². The van der Waals surface area contributed by atoms with Gasteiger partial charge < -0.3 is 15.8 Å². The van der Waals surface area contributed by atoms with Crippen molar-refractivity contribution in [3.8, 4) is 0 Å². The minimum absolute atomic E-state index is 0.0174. The van der Waals surface area contributed by atoms with Crippen molar-refractivity contribution in [2.24, 2.45) is 0 Å². The number of carbonyl (C=O) groups is 2. The lowest BCUT2D eigenvalue weighted by Crippen LogP contribution is -2.11. The summed E-state index contributed by atoms with van der Waals surface area (Å²) in [6.45, 7) is 0. The fourth-order valence-corrected chi connectivity index (χ4v) is 3.16. The Hall–Kier alpha value is -3.42. The number of hydrogen-bond donors (Lipinski definition) is 4. The number of aromatic nitrogens is 3. The van der Waals surface area contributed by atoms with Gasteiger partial charge in [-0.15, -0.1) is 0 Å². The van der Waals surface area contributed by atoms with Gasteiger partial charge in [0.15, 0.2) is 5.78 Å². The molecule has 1 aromatic carbocycles. The lowest BCUT2D eigenvalue weighted by molar-refractivity contribution is -0.137. The number of ketones is 1. The molecule has 0 saturated carbocycles.